The Kier molecular flexibility index (Phi) is 8.29. The van der Waals surface area contributed by atoms with Crippen molar-refractivity contribution in [2.24, 2.45) is 0 Å². The Bertz CT molecular complexity index is 1520. The number of ether oxygens (including phenoxy) is 2. The van der Waals surface area contributed by atoms with Crippen LogP contribution in [0, 0.1) is 40.5 Å². The van der Waals surface area contributed by atoms with Crippen molar-refractivity contribution in [2.75, 3.05) is 0 Å². The highest BCUT2D eigenvalue weighted by Crippen LogP contribution is 2.51. The van der Waals surface area contributed by atoms with Crippen LogP contribution in [0.4, 0.5) is 62.3 Å². The molecule has 3 aromatic rings. The summed E-state index contributed by atoms with van der Waals surface area (Å²) in [5.74, 6) is -6.83. The summed E-state index contributed by atoms with van der Waals surface area (Å²) in [6.07, 6.45) is -16.6. The van der Waals surface area contributed by atoms with Crippen molar-refractivity contribution in [3.8, 4) is 23.0 Å². The Morgan fingerprint density at radius 3 is 0.977 bits per heavy atom. The van der Waals surface area contributed by atoms with Gasteiger partial charge in [-0.25, -0.2) is 0 Å². The molecule has 0 amide bonds. The van der Waals surface area contributed by atoms with Crippen LogP contribution in [0.15, 0.2) is 42.5 Å². The second kappa shape index (κ2) is 11.1. The topological polar surface area (TPSA) is 191 Å². The van der Waals surface area contributed by atoms with E-state index >= 15 is 0 Å². The molecule has 14 nitrogen and oxygen atoms in total. The molecular formula is C21H7F9N4O10. The highest BCUT2D eigenvalue weighted by molar-refractivity contribution is 5.66. The lowest BCUT2D eigenvalue weighted by molar-refractivity contribution is -0.396. The van der Waals surface area contributed by atoms with Gasteiger partial charge in [0.15, 0.2) is 0 Å². The van der Waals surface area contributed by atoms with Crippen LogP contribution >= 0.6 is 0 Å². The van der Waals surface area contributed by atoms with E-state index in [1.54, 1.807) is 0 Å². The summed E-state index contributed by atoms with van der Waals surface area (Å²) in [7, 11) is 0. The van der Waals surface area contributed by atoms with Gasteiger partial charge in [-0.05, 0) is 12.1 Å². The Morgan fingerprint density at radius 2 is 0.773 bits per heavy atom. The monoisotopic (exact) mass is 646 g/mol. The molecule has 0 fully saturated rings. The van der Waals surface area contributed by atoms with Gasteiger partial charge in [-0.1, -0.05) is 6.07 Å². The van der Waals surface area contributed by atoms with E-state index in [0.717, 1.165) is 0 Å². The highest BCUT2D eigenvalue weighted by Gasteiger charge is 2.44. The molecule has 44 heavy (non-hydrogen) atoms. The first-order valence-corrected chi connectivity index (χ1v) is 10.7. The van der Waals surface area contributed by atoms with Crippen molar-refractivity contribution in [2.45, 2.75) is 18.5 Å². The molecule has 0 radical (unpaired) electrons. The van der Waals surface area contributed by atoms with Gasteiger partial charge in [0.2, 0.25) is 0 Å². The molecule has 0 unspecified atom stereocenters. The Hall–Kier alpha value is -5.77. The molecule has 0 atom stereocenters. The molecule has 0 aromatic heterocycles. The summed E-state index contributed by atoms with van der Waals surface area (Å²) in [4.78, 5) is 39.1. The lowest BCUT2D eigenvalue weighted by Crippen LogP contribution is -2.12. The minimum atomic E-state index is -5.75. The zero-order valence-corrected chi connectivity index (χ0v) is 20.3. The number of nitrogens with zero attached hydrogens (tertiary/aromatic N) is 4. The van der Waals surface area contributed by atoms with E-state index in [-0.39, 0.29) is 24.3 Å². The molecule has 0 N–H and O–H groups in total. The number of halogens is 9. The molecule has 0 spiro atoms. The number of nitro benzene ring substituents is 4. The minimum absolute atomic E-state index is 0.287. The standard InChI is InChI=1S/C21H7F9N4O10/c22-19(23,24)8-4-10(31(35)36)17(11(5-8)32(37)38)43-14-2-1-3-15(16(14)21(28,29)30)44-18-12(33(39)40)6-9(20(25,26)27)7-13(18)34(41)42/h1-7H. The summed E-state index contributed by atoms with van der Waals surface area (Å²) in [6.45, 7) is 0. The SMILES string of the molecule is O=[N+]([O-])c1cc(C(F)(F)F)cc([N+](=O)[O-])c1Oc1cccc(Oc2c([N+](=O)[O-])cc(C(F)(F)F)cc2[N+](=O)[O-])c1C(F)(F)F. The zero-order chi connectivity index (χ0) is 33.5. The Balaban J connectivity index is 2.34. The number of alkyl halides is 9. The van der Waals surface area contributed by atoms with Gasteiger partial charge in [0.1, 0.15) is 17.1 Å². The summed E-state index contributed by atoms with van der Waals surface area (Å²) >= 11 is 0. The van der Waals surface area contributed by atoms with Gasteiger partial charge >= 0.3 is 41.3 Å². The number of hydrogen-bond acceptors (Lipinski definition) is 10. The number of rotatable bonds is 8. The van der Waals surface area contributed by atoms with Crippen molar-refractivity contribution >= 4 is 22.7 Å². The molecule has 0 bridgehead atoms. The van der Waals surface area contributed by atoms with Crippen LogP contribution < -0.4 is 9.47 Å². The minimum Gasteiger partial charge on any atom is -0.443 e. The first kappa shape index (κ1) is 32.7. The van der Waals surface area contributed by atoms with Crippen LogP contribution in [0.2, 0.25) is 0 Å². The first-order chi connectivity index (χ1) is 20.0. The predicted octanol–water partition coefficient (Wildman–Crippen LogP) is 7.96. The maximum absolute atomic E-state index is 14.2. The van der Waals surface area contributed by atoms with Gasteiger partial charge in [-0.3, -0.25) is 40.5 Å². The second-order valence-electron chi connectivity index (χ2n) is 8.04. The molecule has 23 heteroatoms. The van der Waals surface area contributed by atoms with Crippen LogP contribution in [0.25, 0.3) is 0 Å². The maximum atomic E-state index is 14.2. The van der Waals surface area contributed by atoms with E-state index in [9.17, 15) is 80.0 Å². The molecule has 3 rings (SSSR count). The predicted molar refractivity (Wildman–Crippen MR) is 121 cm³/mol. The van der Waals surface area contributed by atoms with E-state index < -0.39 is 101 Å². The van der Waals surface area contributed by atoms with Crippen LogP contribution in [-0.2, 0) is 18.5 Å². The summed E-state index contributed by atoms with van der Waals surface area (Å²) < 4.78 is 131. The fourth-order valence-electron chi connectivity index (χ4n) is 3.46. The van der Waals surface area contributed by atoms with Crippen LogP contribution in [0.3, 0.4) is 0 Å². The first-order valence-electron chi connectivity index (χ1n) is 10.7. The van der Waals surface area contributed by atoms with Crippen LogP contribution in [0.5, 0.6) is 23.0 Å². The number of benzene rings is 3. The fraction of sp³-hybridized carbons (Fsp3) is 0.143. The smallest absolute Gasteiger partial charge is 0.423 e. The maximum Gasteiger partial charge on any atom is 0.423 e. The summed E-state index contributed by atoms with van der Waals surface area (Å²) in [6, 6.07) is 0.0294. The highest BCUT2D eigenvalue weighted by atomic mass is 19.4. The number of hydrogen-bond donors (Lipinski definition) is 0. The summed E-state index contributed by atoms with van der Waals surface area (Å²) in [5.41, 5.74) is -13.5. The van der Waals surface area contributed by atoms with Crippen molar-refractivity contribution in [1.82, 2.24) is 0 Å². The second-order valence-corrected chi connectivity index (χ2v) is 8.04. The lowest BCUT2D eigenvalue weighted by atomic mass is 10.1. The number of nitro groups is 4. The van der Waals surface area contributed by atoms with Crippen molar-refractivity contribution in [3.63, 3.8) is 0 Å². The molecule has 0 saturated carbocycles. The van der Waals surface area contributed by atoms with E-state index in [2.05, 4.69) is 0 Å². The van der Waals surface area contributed by atoms with Gasteiger partial charge in [0.25, 0.3) is 11.5 Å². The Labute approximate surface area is 233 Å². The molecule has 0 aliphatic heterocycles. The van der Waals surface area contributed by atoms with E-state index in [1.165, 1.54) is 0 Å². The third kappa shape index (κ3) is 6.65. The van der Waals surface area contributed by atoms with Gasteiger partial charge < -0.3 is 9.47 Å². The van der Waals surface area contributed by atoms with Crippen molar-refractivity contribution < 1.29 is 68.7 Å². The van der Waals surface area contributed by atoms with Gasteiger partial charge in [0.05, 0.1) is 30.8 Å². The molecule has 0 heterocycles. The van der Waals surface area contributed by atoms with Crippen molar-refractivity contribution in [3.05, 3.63) is 99.6 Å². The largest absolute Gasteiger partial charge is 0.443 e. The van der Waals surface area contributed by atoms with E-state index in [4.69, 9.17) is 9.47 Å². The van der Waals surface area contributed by atoms with Crippen LogP contribution in [0.1, 0.15) is 16.7 Å². The molecule has 234 valence electrons. The van der Waals surface area contributed by atoms with E-state index in [1.807, 2.05) is 0 Å². The van der Waals surface area contributed by atoms with E-state index in [0.29, 0.717) is 18.2 Å². The third-order valence-electron chi connectivity index (χ3n) is 5.24. The zero-order valence-electron chi connectivity index (χ0n) is 20.3. The fourth-order valence-corrected chi connectivity index (χ4v) is 3.46. The van der Waals surface area contributed by atoms with Gasteiger partial charge in [0, 0.05) is 24.3 Å². The molecule has 0 aliphatic carbocycles. The Morgan fingerprint density at radius 1 is 0.500 bits per heavy atom. The van der Waals surface area contributed by atoms with Crippen LogP contribution in [-0.4, -0.2) is 19.7 Å². The molecule has 3 aromatic carbocycles. The van der Waals surface area contributed by atoms with Gasteiger partial charge in [-0.15, -0.1) is 0 Å². The average molecular weight is 646 g/mol. The quantitative estimate of drug-likeness (QED) is 0.132. The van der Waals surface area contributed by atoms with Gasteiger partial charge in [-0.2, -0.15) is 39.5 Å². The third-order valence-corrected chi connectivity index (χ3v) is 5.24. The average Bonchev–Trinajstić information content (AvgIpc) is 2.86. The van der Waals surface area contributed by atoms with Crippen molar-refractivity contribution in [1.29, 1.82) is 0 Å². The lowest BCUT2D eigenvalue weighted by Gasteiger charge is -2.18. The molecule has 0 aliphatic rings. The summed E-state index contributed by atoms with van der Waals surface area (Å²) in [5, 5.41) is 45.8. The molecular weight excluding hydrogens is 639 g/mol. The molecule has 0 saturated heterocycles. The normalized spacial score (nSPS) is 12.0.